The Kier molecular flexibility index (Phi) is 4.66. The Morgan fingerprint density at radius 3 is 2.89 bits per heavy atom. The third-order valence-electron chi connectivity index (χ3n) is 2.96. The van der Waals surface area contributed by atoms with Gasteiger partial charge in [-0.15, -0.1) is 0 Å². The Morgan fingerprint density at radius 2 is 2.26 bits per heavy atom. The van der Waals surface area contributed by atoms with Gasteiger partial charge in [-0.05, 0) is 47.6 Å². The largest absolute Gasteiger partial charge is 0.339 e. The highest BCUT2D eigenvalue weighted by Crippen LogP contribution is 2.26. The Balaban J connectivity index is 2.20. The van der Waals surface area contributed by atoms with Gasteiger partial charge in [0.05, 0.1) is 0 Å². The fraction of sp³-hybridized carbons (Fsp3) is 0.385. The van der Waals surface area contributed by atoms with E-state index in [-0.39, 0.29) is 5.82 Å². The standard InChI is InChI=1S/C13H15BrFN3O/c1-3-9(16-2)7-12-17-13(18-19-12)10-5-4-8(15)6-11(10)14/h4-6,9,16H,3,7H2,1-2H3. The predicted octanol–water partition coefficient (Wildman–Crippen LogP) is 3.18. The first kappa shape index (κ1) is 14.1. The fourth-order valence-electron chi connectivity index (χ4n) is 1.78. The van der Waals surface area contributed by atoms with Gasteiger partial charge in [-0.3, -0.25) is 0 Å². The van der Waals surface area contributed by atoms with Crippen LogP contribution in [0.2, 0.25) is 0 Å². The molecule has 1 N–H and O–H groups in total. The third-order valence-corrected chi connectivity index (χ3v) is 3.62. The maximum Gasteiger partial charge on any atom is 0.228 e. The van der Waals surface area contributed by atoms with Gasteiger partial charge in [0.1, 0.15) is 5.82 Å². The highest BCUT2D eigenvalue weighted by atomic mass is 79.9. The molecule has 1 unspecified atom stereocenters. The summed E-state index contributed by atoms with van der Waals surface area (Å²) in [5, 5.41) is 7.11. The molecule has 0 bridgehead atoms. The summed E-state index contributed by atoms with van der Waals surface area (Å²) in [6, 6.07) is 4.69. The molecule has 1 aromatic carbocycles. The van der Waals surface area contributed by atoms with Crippen molar-refractivity contribution < 1.29 is 8.91 Å². The minimum absolute atomic E-state index is 0.305. The van der Waals surface area contributed by atoms with Crippen LogP contribution in [-0.4, -0.2) is 23.2 Å². The van der Waals surface area contributed by atoms with Gasteiger partial charge in [-0.2, -0.15) is 4.98 Å². The van der Waals surface area contributed by atoms with E-state index in [1.54, 1.807) is 6.07 Å². The molecular formula is C13H15BrFN3O. The normalized spacial score (nSPS) is 12.6. The summed E-state index contributed by atoms with van der Waals surface area (Å²) in [6.07, 6.45) is 1.66. The summed E-state index contributed by atoms with van der Waals surface area (Å²) in [7, 11) is 1.90. The van der Waals surface area contributed by atoms with Crippen molar-refractivity contribution in [2.24, 2.45) is 0 Å². The van der Waals surface area contributed by atoms with Gasteiger partial charge in [-0.1, -0.05) is 12.1 Å². The zero-order chi connectivity index (χ0) is 13.8. The fourth-order valence-corrected chi connectivity index (χ4v) is 2.31. The molecule has 1 aromatic heterocycles. The highest BCUT2D eigenvalue weighted by molar-refractivity contribution is 9.10. The van der Waals surface area contributed by atoms with Gasteiger partial charge >= 0.3 is 0 Å². The van der Waals surface area contributed by atoms with E-state index in [2.05, 4.69) is 38.3 Å². The van der Waals surface area contributed by atoms with Gasteiger partial charge < -0.3 is 9.84 Å². The lowest BCUT2D eigenvalue weighted by molar-refractivity contribution is 0.359. The number of nitrogens with one attached hydrogen (secondary N) is 1. The van der Waals surface area contributed by atoms with Crippen LogP contribution in [0.3, 0.4) is 0 Å². The molecule has 1 atom stereocenters. The second-order valence-electron chi connectivity index (χ2n) is 4.23. The second kappa shape index (κ2) is 6.25. The molecule has 0 aliphatic heterocycles. The Morgan fingerprint density at radius 1 is 1.47 bits per heavy atom. The third kappa shape index (κ3) is 3.39. The van der Waals surface area contributed by atoms with Crippen molar-refractivity contribution in [2.75, 3.05) is 7.05 Å². The number of hydrogen-bond donors (Lipinski definition) is 1. The SMILES string of the molecule is CCC(Cc1nc(-c2ccc(F)cc2Br)no1)NC. The molecule has 0 fully saturated rings. The van der Waals surface area contributed by atoms with E-state index in [9.17, 15) is 4.39 Å². The van der Waals surface area contributed by atoms with Crippen LogP contribution >= 0.6 is 15.9 Å². The van der Waals surface area contributed by atoms with Crippen LogP contribution < -0.4 is 5.32 Å². The van der Waals surface area contributed by atoms with E-state index in [1.807, 2.05) is 7.05 Å². The maximum absolute atomic E-state index is 13.0. The highest BCUT2D eigenvalue weighted by Gasteiger charge is 2.14. The zero-order valence-electron chi connectivity index (χ0n) is 10.8. The van der Waals surface area contributed by atoms with Gasteiger partial charge in [-0.25, -0.2) is 4.39 Å². The molecule has 0 aliphatic carbocycles. The molecule has 4 nitrogen and oxygen atoms in total. The molecule has 0 radical (unpaired) electrons. The Bertz CT molecular complexity index is 555. The molecule has 0 aliphatic rings. The first-order valence-corrected chi connectivity index (χ1v) is 6.88. The summed E-state index contributed by atoms with van der Waals surface area (Å²) < 4.78 is 18.9. The van der Waals surface area contributed by atoms with Crippen molar-refractivity contribution in [2.45, 2.75) is 25.8 Å². The first-order valence-electron chi connectivity index (χ1n) is 6.09. The second-order valence-corrected chi connectivity index (χ2v) is 5.09. The molecule has 0 saturated carbocycles. The number of nitrogens with zero attached hydrogens (tertiary/aromatic N) is 2. The predicted molar refractivity (Wildman–Crippen MR) is 74.2 cm³/mol. The number of halogens is 2. The molecule has 0 saturated heterocycles. The Hall–Kier alpha value is -1.27. The average Bonchev–Trinajstić information content (AvgIpc) is 2.84. The van der Waals surface area contributed by atoms with Gasteiger partial charge in [0.15, 0.2) is 0 Å². The van der Waals surface area contributed by atoms with Crippen LogP contribution in [0.25, 0.3) is 11.4 Å². The van der Waals surface area contributed by atoms with E-state index in [1.165, 1.54) is 12.1 Å². The quantitative estimate of drug-likeness (QED) is 0.916. The number of rotatable bonds is 5. The van der Waals surface area contributed by atoms with Gasteiger partial charge in [0, 0.05) is 22.5 Å². The van der Waals surface area contributed by atoms with Crippen LogP contribution in [0.5, 0.6) is 0 Å². The topological polar surface area (TPSA) is 51.0 Å². The molecule has 0 amide bonds. The molecule has 0 spiro atoms. The molecule has 6 heteroatoms. The van der Waals surface area contributed by atoms with Crippen LogP contribution in [0.4, 0.5) is 4.39 Å². The minimum Gasteiger partial charge on any atom is -0.339 e. The molecule has 2 aromatic rings. The number of likely N-dealkylation sites (N-methyl/N-ethyl adjacent to an activating group) is 1. The summed E-state index contributed by atoms with van der Waals surface area (Å²) in [5.41, 5.74) is 0.717. The molecule has 1 heterocycles. The summed E-state index contributed by atoms with van der Waals surface area (Å²) in [4.78, 5) is 4.34. The number of aromatic nitrogens is 2. The van der Waals surface area contributed by atoms with E-state index in [4.69, 9.17) is 4.52 Å². The van der Waals surface area contributed by atoms with Crippen molar-refractivity contribution in [3.05, 3.63) is 34.4 Å². The summed E-state index contributed by atoms with van der Waals surface area (Å²) in [5.74, 6) is 0.737. The molecule has 2 rings (SSSR count). The molecule has 19 heavy (non-hydrogen) atoms. The van der Waals surface area contributed by atoms with E-state index in [0.717, 1.165) is 6.42 Å². The lowest BCUT2D eigenvalue weighted by Gasteiger charge is -2.09. The first-order chi connectivity index (χ1) is 9.13. The van der Waals surface area contributed by atoms with Crippen LogP contribution in [-0.2, 0) is 6.42 Å². The van der Waals surface area contributed by atoms with Crippen LogP contribution in [0, 0.1) is 5.82 Å². The summed E-state index contributed by atoms with van der Waals surface area (Å²) >= 11 is 3.30. The van der Waals surface area contributed by atoms with E-state index < -0.39 is 0 Å². The van der Waals surface area contributed by atoms with Crippen molar-refractivity contribution in [1.82, 2.24) is 15.5 Å². The van der Waals surface area contributed by atoms with E-state index in [0.29, 0.717) is 34.2 Å². The van der Waals surface area contributed by atoms with Crippen molar-refractivity contribution >= 4 is 15.9 Å². The maximum atomic E-state index is 13.0. The van der Waals surface area contributed by atoms with Crippen LogP contribution in [0.1, 0.15) is 19.2 Å². The summed E-state index contributed by atoms with van der Waals surface area (Å²) in [6.45, 7) is 2.09. The Labute approximate surface area is 119 Å². The minimum atomic E-state index is -0.305. The lowest BCUT2D eigenvalue weighted by atomic mass is 10.1. The zero-order valence-corrected chi connectivity index (χ0v) is 12.4. The van der Waals surface area contributed by atoms with Crippen molar-refractivity contribution in [3.63, 3.8) is 0 Å². The smallest absolute Gasteiger partial charge is 0.228 e. The van der Waals surface area contributed by atoms with Crippen molar-refractivity contribution in [1.29, 1.82) is 0 Å². The molecular weight excluding hydrogens is 313 g/mol. The van der Waals surface area contributed by atoms with Gasteiger partial charge in [0.25, 0.3) is 0 Å². The average molecular weight is 328 g/mol. The van der Waals surface area contributed by atoms with Crippen molar-refractivity contribution in [3.8, 4) is 11.4 Å². The lowest BCUT2D eigenvalue weighted by Crippen LogP contribution is -2.26. The number of benzene rings is 1. The van der Waals surface area contributed by atoms with Crippen LogP contribution in [0.15, 0.2) is 27.2 Å². The van der Waals surface area contributed by atoms with Gasteiger partial charge in [0.2, 0.25) is 11.7 Å². The molecule has 102 valence electrons. The van der Waals surface area contributed by atoms with E-state index >= 15 is 0 Å². The number of hydrogen-bond acceptors (Lipinski definition) is 4. The monoisotopic (exact) mass is 327 g/mol.